The maximum Gasteiger partial charge on any atom is 0.245 e. The van der Waals surface area contributed by atoms with Crippen LogP contribution >= 0.6 is 11.3 Å². The highest BCUT2D eigenvalue weighted by molar-refractivity contribution is 7.14. The van der Waals surface area contributed by atoms with E-state index in [4.69, 9.17) is 10.4 Å². The number of carbonyl (C=O) groups is 1. The van der Waals surface area contributed by atoms with Crippen LogP contribution in [0.15, 0.2) is 11.4 Å². The standard InChI is InChI=1S/C16H23N3O2S/c1-2-3-7-18(8-4-10-20)14-5-9-19(15(14)21)16-13(12-17)6-11-22-16/h6,11,14,20H,2-5,7-10H2,1H3. The molecular weight excluding hydrogens is 298 g/mol. The van der Waals surface area contributed by atoms with Crippen molar-refractivity contribution in [3.05, 3.63) is 17.0 Å². The van der Waals surface area contributed by atoms with E-state index in [1.165, 1.54) is 11.3 Å². The number of hydrogen-bond donors (Lipinski definition) is 1. The van der Waals surface area contributed by atoms with Crippen LogP contribution in [-0.4, -0.2) is 48.2 Å². The van der Waals surface area contributed by atoms with Crippen LogP contribution in [-0.2, 0) is 4.79 Å². The zero-order valence-corrected chi connectivity index (χ0v) is 13.8. The van der Waals surface area contributed by atoms with Crippen LogP contribution < -0.4 is 4.90 Å². The second-order valence-electron chi connectivity index (χ2n) is 5.51. The molecule has 5 nitrogen and oxygen atoms in total. The van der Waals surface area contributed by atoms with Gasteiger partial charge in [0.2, 0.25) is 5.91 Å². The molecular formula is C16H23N3O2S. The van der Waals surface area contributed by atoms with Crippen LogP contribution in [0.2, 0.25) is 0 Å². The molecule has 1 fully saturated rings. The van der Waals surface area contributed by atoms with Crippen molar-refractivity contribution in [2.75, 3.05) is 31.1 Å². The Morgan fingerprint density at radius 3 is 2.95 bits per heavy atom. The summed E-state index contributed by atoms with van der Waals surface area (Å²) in [5.74, 6) is 0.0907. The Hall–Kier alpha value is -1.42. The molecule has 22 heavy (non-hydrogen) atoms. The first-order chi connectivity index (χ1) is 10.7. The number of hydrogen-bond acceptors (Lipinski definition) is 5. The Kier molecular flexibility index (Phi) is 6.37. The Balaban J connectivity index is 2.09. The molecule has 1 amide bonds. The molecule has 1 atom stereocenters. The number of nitrogens with zero attached hydrogens (tertiary/aromatic N) is 3. The highest BCUT2D eigenvalue weighted by Gasteiger charge is 2.37. The molecule has 1 unspecified atom stereocenters. The van der Waals surface area contributed by atoms with E-state index >= 15 is 0 Å². The van der Waals surface area contributed by atoms with Crippen LogP contribution in [0.1, 0.15) is 38.2 Å². The number of anilines is 1. The molecule has 6 heteroatoms. The largest absolute Gasteiger partial charge is 0.396 e. The van der Waals surface area contributed by atoms with Crippen molar-refractivity contribution in [2.45, 2.75) is 38.6 Å². The van der Waals surface area contributed by atoms with Gasteiger partial charge in [0.05, 0.1) is 11.6 Å². The van der Waals surface area contributed by atoms with Crippen LogP contribution in [0.5, 0.6) is 0 Å². The lowest BCUT2D eigenvalue weighted by Crippen LogP contribution is -2.43. The summed E-state index contributed by atoms with van der Waals surface area (Å²) in [6.45, 7) is 4.58. The molecule has 2 rings (SSSR count). The molecule has 0 aliphatic carbocycles. The van der Waals surface area contributed by atoms with Crippen LogP contribution in [0.3, 0.4) is 0 Å². The van der Waals surface area contributed by atoms with E-state index in [1.54, 1.807) is 11.0 Å². The van der Waals surface area contributed by atoms with Gasteiger partial charge in [-0.1, -0.05) is 13.3 Å². The van der Waals surface area contributed by atoms with Crippen molar-refractivity contribution in [3.8, 4) is 6.07 Å². The van der Waals surface area contributed by atoms with E-state index in [2.05, 4.69) is 17.9 Å². The average molecular weight is 321 g/mol. The number of rotatable bonds is 8. The summed E-state index contributed by atoms with van der Waals surface area (Å²) >= 11 is 1.45. The minimum atomic E-state index is -0.119. The van der Waals surface area contributed by atoms with Gasteiger partial charge in [0.15, 0.2) is 0 Å². The fourth-order valence-corrected chi connectivity index (χ4v) is 3.74. The van der Waals surface area contributed by atoms with E-state index in [9.17, 15) is 4.79 Å². The van der Waals surface area contributed by atoms with Crippen molar-refractivity contribution < 1.29 is 9.90 Å². The monoisotopic (exact) mass is 321 g/mol. The zero-order chi connectivity index (χ0) is 15.9. The Morgan fingerprint density at radius 2 is 2.27 bits per heavy atom. The number of nitriles is 1. The van der Waals surface area contributed by atoms with Crippen molar-refractivity contribution in [1.82, 2.24) is 4.90 Å². The minimum Gasteiger partial charge on any atom is -0.396 e. The number of aliphatic hydroxyl groups is 1. The highest BCUT2D eigenvalue weighted by atomic mass is 32.1. The second-order valence-corrected chi connectivity index (χ2v) is 6.41. The third-order valence-electron chi connectivity index (χ3n) is 4.03. The number of aliphatic hydroxyl groups excluding tert-OH is 1. The molecule has 1 aromatic rings. The molecule has 0 saturated carbocycles. The number of thiophene rings is 1. The first-order valence-corrected chi connectivity index (χ1v) is 8.74. The third kappa shape index (κ3) is 3.67. The second kappa shape index (κ2) is 8.28. The first-order valence-electron chi connectivity index (χ1n) is 7.86. The maximum absolute atomic E-state index is 12.8. The van der Waals surface area contributed by atoms with E-state index in [0.29, 0.717) is 18.5 Å². The average Bonchev–Trinajstić information content (AvgIpc) is 3.13. The predicted octanol–water partition coefficient (Wildman–Crippen LogP) is 2.21. The maximum atomic E-state index is 12.8. The van der Waals surface area contributed by atoms with Crippen molar-refractivity contribution in [1.29, 1.82) is 5.26 Å². The molecule has 1 aliphatic rings. The Labute approximate surface area is 135 Å². The number of carbonyl (C=O) groups excluding carboxylic acids is 1. The summed E-state index contributed by atoms with van der Waals surface area (Å²) in [6, 6.07) is 3.80. The molecule has 0 aromatic carbocycles. The SMILES string of the molecule is CCCCN(CCCO)C1CCN(c2sccc2C#N)C1=O. The minimum absolute atomic E-state index is 0.0907. The molecule has 1 aliphatic heterocycles. The Bertz CT molecular complexity index is 530. The summed E-state index contributed by atoms with van der Waals surface area (Å²) in [7, 11) is 0. The molecule has 0 radical (unpaired) electrons. The van der Waals surface area contributed by atoms with E-state index < -0.39 is 0 Å². The first kappa shape index (κ1) is 16.9. The zero-order valence-electron chi connectivity index (χ0n) is 13.0. The van der Waals surface area contributed by atoms with Crippen LogP contribution in [0.25, 0.3) is 0 Å². The third-order valence-corrected chi connectivity index (χ3v) is 4.97. The fourth-order valence-electron chi connectivity index (χ4n) is 2.86. The van der Waals surface area contributed by atoms with Crippen molar-refractivity contribution in [2.24, 2.45) is 0 Å². The highest BCUT2D eigenvalue weighted by Crippen LogP contribution is 2.32. The van der Waals surface area contributed by atoms with Gasteiger partial charge in [-0.2, -0.15) is 5.26 Å². The number of amides is 1. The summed E-state index contributed by atoms with van der Waals surface area (Å²) in [4.78, 5) is 16.7. The summed E-state index contributed by atoms with van der Waals surface area (Å²) in [5.41, 5.74) is 0.578. The van der Waals surface area contributed by atoms with Gasteiger partial charge in [-0.15, -0.1) is 11.3 Å². The molecule has 120 valence electrons. The summed E-state index contributed by atoms with van der Waals surface area (Å²) in [6.07, 6.45) is 3.62. The van der Waals surface area contributed by atoms with Gasteiger partial charge < -0.3 is 10.0 Å². The van der Waals surface area contributed by atoms with Gasteiger partial charge >= 0.3 is 0 Å². The summed E-state index contributed by atoms with van der Waals surface area (Å²) < 4.78 is 0. The predicted molar refractivity (Wildman–Crippen MR) is 88.0 cm³/mol. The van der Waals surface area contributed by atoms with Gasteiger partial charge in [-0.25, -0.2) is 0 Å². The Morgan fingerprint density at radius 1 is 1.50 bits per heavy atom. The topological polar surface area (TPSA) is 67.6 Å². The normalized spacial score (nSPS) is 18.2. The molecule has 1 N–H and O–H groups in total. The summed E-state index contributed by atoms with van der Waals surface area (Å²) in [5, 5.41) is 20.8. The van der Waals surface area contributed by atoms with Crippen molar-refractivity contribution in [3.63, 3.8) is 0 Å². The molecule has 1 saturated heterocycles. The fraction of sp³-hybridized carbons (Fsp3) is 0.625. The molecule has 0 spiro atoms. The van der Waals surface area contributed by atoms with Crippen LogP contribution in [0.4, 0.5) is 5.00 Å². The van der Waals surface area contributed by atoms with E-state index in [1.807, 2.05) is 5.38 Å². The van der Waals surface area contributed by atoms with E-state index in [0.717, 1.165) is 37.4 Å². The lowest BCUT2D eigenvalue weighted by Gasteiger charge is -2.27. The smallest absolute Gasteiger partial charge is 0.245 e. The lowest BCUT2D eigenvalue weighted by molar-refractivity contribution is -0.121. The van der Waals surface area contributed by atoms with Crippen LogP contribution in [0, 0.1) is 11.3 Å². The van der Waals surface area contributed by atoms with E-state index in [-0.39, 0.29) is 18.6 Å². The van der Waals surface area contributed by atoms with Gasteiger partial charge in [-0.3, -0.25) is 9.69 Å². The van der Waals surface area contributed by atoms with Gasteiger partial charge in [0, 0.05) is 19.7 Å². The lowest BCUT2D eigenvalue weighted by atomic mass is 10.1. The quantitative estimate of drug-likeness (QED) is 0.797. The molecule has 1 aromatic heterocycles. The van der Waals surface area contributed by atoms with Gasteiger partial charge in [-0.05, 0) is 37.3 Å². The molecule has 0 bridgehead atoms. The van der Waals surface area contributed by atoms with Gasteiger partial charge in [0.25, 0.3) is 0 Å². The number of unbranched alkanes of at least 4 members (excludes halogenated alkanes) is 1. The van der Waals surface area contributed by atoms with Gasteiger partial charge in [0.1, 0.15) is 11.1 Å². The van der Waals surface area contributed by atoms with Crippen molar-refractivity contribution >= 4 is 22.2 Å². The molecule has 2 heterocycles.